The van der Waals surface area contributed by atoms with Crippen LogP contribution in [0.15, 0.2) is 0 Å². The molecule has 2 atom stereocenters. The number of thioether (sulfide) groups is 1. The first kappa shape index (κ1) is 18.0. The zero-order valence-corrected chi connectivity index (χ0v) is 12.8. The van der Waals surface area contributed by atoms with E-state index in [1.165, 1.54) is 0 Å². The molecule has 6 nitrogen and oxygen atoms in total. The summed E-state index contributed by atoms with van der Waals surface area (Å²) in [6.07, 6.45) is 2.32. The fraction of sp³-hybridized carbons (Fsp3) is 0.833. The third-order valence-electron chi connectivity index (χ3n) is 2.75. The van der Waals surface area contributed by atoms with Crippen LogP contribution in [0, 0.1) is 0 Å². The van der Waals surface area contributed by atoms with Crippen molar-refractivity contribution in [3.05, 3.63) is 0 Å². The molecule has 0 rings (SSSR count). The molecule has 0 spiro atoms. The van der Waals surface area contributed by atoms with E-state index in [1.54, 1.807) is 23.8 Å². The number of likely N-dealkylation sites (N-methyl/N-ethyl adjacent to an activating group) is 1. The fourth-order valence-corrected chi connectivity index (χ4v) is 2.18. The van der Waals surface area contributed by atoms with E-state index in [9.17, 15) is 9.59 Å². The summed E-state index contributed by atoms with van der Waals surface area (Å²) in [5, 5.41) is 11.6. The van der Waals surface area contributed by atoms with Crippen LogP contribution >= 0.6 is 11.8 Å². The largest absolute Gasteiger partial charge is 0.480 e. The lowest BCUT2D eigenvalue weighted by atomic mass is 10.2. The summed E-state index contributed by atoms with van der Waals surface area (Å²) >= 11 is 1.55. The van der Waals surface area contributed by atoms with Gasteiger partial charge in [0, 0.05) is 13.7 Å². The second kappa shape index (κ2) is 9.91. The Labute approximate surface area is 118 Å². The van der Waals surface area contributed by atoms with Crippen molar-refractivity contribution in [2.24, 2.45) is 0 Å². The van der Waals surface area contributed by atoms with E-state index < -0.39 is 12.0 Å². The number of nitrogens with one attached hydrogen (secondary N) is 1. The summed E-state index contributed by atoms with van der Waals surface area (Å²) in [6, 6.07) is -1.30. The Kier molecular flexibility index (Phi) is 9.42. The molecular formula is C12H24N2O4S. The first-order valence-electron chi connectivity index (χ1n) is 6.25. The molecule has 0 fully saturated rings. The monoisotopic (exact) mass is 292 g/mol. The molecule has 19 heavy (non-hydrogen) atoms. The summed E-state index contributed by atoms with van der Waals surface area (Å²) in [4.78, 5) is 24.7. The van der Waals surface area contributed by atoms with E-state index in [-0.39, 0.29) is 12.1 Å². The van der Waals surface area contributed by atoms with Crippen molar-refractivity contribution < 1.29 is 19.4 Å². The van der Waals surface area contributed by atoms with E-state index in [0.29, 0.717) is 25.3 Å². The van der Waals surface area contributed by atoms with Crippen molar-refractivity contribution in [2.45, 2.75) is 32.4 Å². The Morgan fingerprint density at radius 1 is 1.47 bits per heavy atom. The molecule has 0 aliphatic rings. The molecule has 0 saturated heterocycles. The van der Waals surface area contributed by atoms with Crippen molar-refractivity contribution in [3.8, 4) is 0 Å². The van der Waals surface area contributed by atoms with Crippen LogP contribution in [0.3, 0.4) is 0 Å². The molecule has 1 unspecified atom stereocenters. The van der Waals surface area contributed by atoms with Crippen molar-refractivity contribution in [1.82, 2.24) is 10.2 Å². The van der Waals surface area contributed by atoms with Crippen molar-refractivity contribution in [2.75, 3.05) is 32.3 Å². The SMILES string of the molecule is CCN(C(=O)N[C@H](CCSC)C(=O)O)C(C)COC. The Hall–Kier alpha value is -0.950. The number of methoxy groups -OCH3 is 1. The van der Waals surface area contributed by atoms with Gasteiger partial charge in [-0.1, -0.05) is 0 Å². The second-order valence-electron chi connectivity index (χ2n) is 4.21. The normalized spacial score (nSPS) is 13.7. The van der Waals surface area contributed by atoms with E-state index in [0.717, 1.165) is 0 Å². The van der Waals surface area contributed by atoms with Crippen LogP contribution in [-0.4, -0.2) is 66.4 Å². The summed E-state index contributed by atoms with van der Waals surface area (Å²) in [6.45, 7) is 4.64. The molecule has 2 amide bonds. The highest BCUT2D eigenvalue weighted by Gasteiger charge is 2.24. The third kappa shape index (κ3) is 6.68. The van der Waals surface area contributed by atoms with Gasteiger partial charge in [-0.25, -0.2) is 9.59 Å². The number of hydrogen-bond acceptors (Lipinski definition) is 4. The van der Waals surface area contributed by atoms with E-state index >= 15 is 0 Å². The molecule has 0 aromatic rings. The minimum absolute atomic E-state index is 0.0926. The number of carboxylic acid groups (broad SMARTS) is 1. The minimum atomic E-state index is -1.00. The van der Waals surface area contributed by atoms with Crippen LogP contribution in [0.1, 0.15) is 20.3 Å². The smallest absolute Gasteiger partial charge is 0.326 e. The Balaban J connectivity index is 4.54. The fourth-order valence-electron chi connectivity index (χ4n) is 1.71. The summed E-state index contributed by atoms with van der Waals surface area (Å²) < 4.78 is 5.01. The summed E-state index contributed by atoms with van der Waals surface area (Å²) in [5.41, 5.74) is 0. The van der Waals surface area contributed by atoms with Gasteiger partial charge in [-0.15, -0.1) is 0 Å². The molecule has 7 heteroatoms. The van der Waals surface area contributed by atoms with Gasteiger partial charge in [-0.05, 0) is 32.3 Å². The quantitative estimate of drug-likeness (QED) is 0.669. The van der Waals surface area contributed by atoms with E-state index in [2.05, 4.69) is 5.32 Å². The van der Waals surface area contributed by atoms with Gasteiger partial charge in [-0.2, -0.15) is 11.8 Å². The highest BCUT2D eigenvalue weighted by molar-refractivity contribution is 7.98. The van der Waals surface area contributed by atoms with Crippen LogP contribution in [-0.2, 0) is 9.53 Å². The molecule has 0 heterocycles. The second-order valence-corrected chi connectivity index (χ2v) is 5.20. The maximum atomic E-state index is 12.1. The molecule has 0 aliphatic carbocycles. The number of nitrogens with zero attached hydrogens (tertiary/aromatic N) is 1. The number of ether oxygens (including phenoxy) is 1. The average molecular weight is 292 g/mol. The molecule has 0 aromatic heterocycles. The first-order chi connectivity index (χ1) is 8.97. The third-order valence-corrected chi connectivity index (χ3v) is 3.39. The van der Waals surface area contributed by atoms with Crippen LogP contribution in [0.2, 0.25) is 0 Å². The van der Waals surface area contributed by atoms with Gasteiger partial charge in [0.2, 0.25) is 0 Å². The first-order valence-corrected chi connectivity index (χ1v) is 7.65. The molecule has 2 N–H and O–H groups in total. The van der Waals surface area contributed by atoms with Crippen LogP contribution in [0.5, 0.6) is 0 Å². The van der Waals surface area contributed by atoms with Gasteiger partial charge in [-0.3, -0.25) is 0 Å². The molecule has 0 aromatic carbocycles. The zero-order chi connectivity index (χ0) is 14.8. The van der Waals surface area contributed by atoms with Gasteiger partial charge >= 0.3 is 12.0 Å². The number of amides is 2. The lowest BCUT2D eigenvalue weighted by Gasteiger charge is -2.29. The Bertz CT molecular complexity index is 289. The molecule has 0 radical (unpaired) electrons. The number of hydrogen-bond donors (Lipinski definition) is 2. The maximum Gasteiger partial charge on any atom is 0.326 e. The van der Waals surface area contributed by atoms with Gasteiger partial charge in [0.25, 0.3) is 0 Å². The number of urea groups is 1. The number of carboxylic acids is 1. The molecule has 112 valence electrons. The number of carbonyl (C=O) groups excluding carboxylic acids is 1. The summed E-state index contributed by atoms with van der Waals surface area (Å²) in [5.74, 6) is -0.311. The highest BCUT2D eigenvalue weighted by atomic mass is 32.2. The van der Waals surface area contributed by atoms with E-state index in [1.807, 2.05) is 20.1 Å². The Morgan fingerprint density at radius 2 is 2.11 bits per heavy atom. The van der Waals surface area contributed by atoms with Crippen molar-refractivity contribution in [3.63, 3.8) is 0 Å². The number of rotatable bonds is 9. The number of aliphatic carboxylic acids is 1. The standard InChI is InChI=1S/C12H24N2O4S/c1-5-14(9(2)8-18-3)12(17)13-10(11(15)16)6-7-19-4/h9-10H,5-8H2,1-4H3,(H,13,17)(H,15,16)/t9?,10-/m1/s1. The highest BCUT2D eigenvalue weighted by Crippen LogP contribution is 2.04. The topological polar surface area (TPSA) is 78.9 Å². The van der Waals surface area contributed by atoms with Crippen LogP contribution in [0.25, 0.3) is 0 Å². The lowest BCUT2D eigenvalue weighted by Crippen LogP contribution is -2.51. The molecule has 0 saturated carbocycles. The molecule has 0 aliphatic heterocycles. The lowest BCUT2D eigenvalue weighted by molar-refractivity contribution is -0.139. The zero-order valence-electron chi connectivity index (χ0n) is 12.0. The predicted octanol–water partition coefficient (Wildman–Crippen LogP) is 1.26. The minimum Gasteiger partial charge on any atom is -0.480 e. The van der Waals surface area contributed by atoms with Gasteiger partial charge in [0.15, 0.2) is 0 Å². The van der Waals surface area contributed by atoms with Gasteiger partial charge in [0.1, 0.15) is 6.04 Å². The Morgan fingerprint density at radius 3 is 2.53 bits per heavy atom. The van der Waals surface area contributed by atoms with Crippen LogP contribution in [0.4, 0.5) is 4.79 Å². The van der Waals surface area contributed by atoms with Crippen molar-refractivity contribution in [1.29, 1.82) is 0 Å². The van der Waals surface area contributed by atoms with Gasteiger partial charge < -0.3 is 20.1 Å². The van der Waals surface area contributed by atoms with Crippen molar-refractivity contribution >= 4 is 23.8 Å². The molecular weight excluding hydrogens is 268 g/mol. The molecule has 0 bridgehead atoms. The average Bonchev–Trinajstić information content (AvgIpc) is 2.35. The predicted molar refractivity (Wildman–Crippen MR) is 76.7 cm³/mol. The summed E-state index contributed by atoms with van der Waals surface area (Å²) in [7, 11) is 1.57. The van der Waals surface area contributed by atoms with Crippen LogP contribution < -0.4 is 5.32 Å². The number of carbonyl (C=O) groups is 2. The maximum absolute atomic E-state index is 12.1. The van der Waals surface area contributed by atoms with E-state index in [4.69, 9.17) is 9.84 Å². The van der Waals surface area contributed by atoms with Gasteiger partial charge in [0.05, 0.1) is 12.6 Å².